The Labute approximate surface area is 158 Å². The minimum absolute atomic E-state index is 0.0390. The lowest BCUT2D eigenvalue weighted by atomic mass is 9.85. The topological polar surface area (TPSA) is 73.7 Å². The predicted octanol–water partition coefficient (Wildman–Crippen LogP) is 4.60. The first-order chi connectivity index (χ1) is 12.8. The maximum Gasteiger partial charge on any atom is 0.151 e. The smallest absolute Gasteiger partial charge is 0.151 e. The molecule has 0 saturated heterocycles. The summed E-state index contributed by atoms with van der Waals surface area (Å²) in [6.07, 6.45) is 4.07. The molecule has 3 rings (SSSR count). The second-order valence-corrected chi connectivity index (χ2v) is 9.04. The molecule has 0 spiro atoms. The van der Waals surface area contributed by atoms with Crippen LogP contribution in [0.3, 0.4) is 0 Å². The van der Waals surface area contributed by atoms with Crippen LogP contribution < -0.4 is 0 Å². The van der Waals surface area contributed by atoms with Crippen LogP contribution in [0.25, 0.3) is 10.9 Å². The van der Waals surface area contributed by atoms with Gasteiger partial charge >= 0.3 is 0 Å². The molecule has 6 heteroatoms. The van der Waals surface area contributed by atoms with Gasteiger partial charge in [-0.1, -0.05) is 24.3 Å². The van der Waals surface area contributed by atoms with Gasteiger partial charge in [0.15, 0.2) is 9.84 Å². The second-order valence-electron chi connectivity index (χ2n) is 6.90. The number of fused-ring (bicyclic) bond motifs is 1. The van der Waals surface area contributed by atoms with Crippen molar-refractivity contribution in [1.82, 2.24) is 4.98 Å². The summed E-state index contributed by atoms with van der Waals surface area (Å²) in [6, 6.07) is 12.5. The van der Waals surface area contributed by atoms with E-state index in [1.807, 2.05) is 25.3 Å². The third kappa shape index (κ3) is 4.20. The average Bonchev–Trinajstić information content (AvgIpc) is 3.00. The van der Waals surface area contributed by atoms with Gasteiger partial charge < -0.3 is 4.98 Å². The molecule has 0 fully saturated rings. The lowest BCUT2D eigenvalue weighted by Gasteiger charge is -2.18. The SMILES string of the molecule is Cc1cc(F)ccc1C(CCC#N)c1c[nH]c2c(CS(C)(=O)=O)cccc12. The zero-order valence-electron chi connectivity index (χ0n) is 15.3. The lowest BCUT2D eigenvalue weighted by Crippen LogP contribution is -2.04. The van der Waals surface area contributed by atoms with Crippen LogP contribution in [-0.4, -0.2) is 19.7 Å². The molecular weight excluding hydrogens is 363 g/mol. The minimum Gasteiger partial charge on any atom is -0.361 e. The normalized spacial score (nSPS) is 12.8. The minimum atomic E-state index is -3.16. The molecule has 0 bridgehead atoms. The van der Waals surface area contributed by atoms with Crippen molar-refractivity contribution >= 4 is 20.7 Å². The number of sulfone groups is 1. The van der Waals surface area contributed by atoms with Gasteiger partial charge in [0.1, 0.15) is 5.82 Å². The van der Waals surface area contributed by atoms with E-state index in [2.05, 4.69) is 11.1 Å². The van der Waals surface area contributed by atoms with Crippen molar-refractivity contribution in [2.75, 3.05) is 6.26 Å². The molecule has 1 heterocycles. The Hall–Kier alpha value is -2.65. The molecule has 0 aliphatic carbocycles. The molecule has 27 heavy (non-hydrogen) atoms. The van der Waals surface area contributed by atoms with E-state index < -0.39 is 9.84 Å². The number of aromatic amines is 1. The molecule has 0 amide bonds. The van der Waals surface area contributed by atoms with Crippen LogP contribution in [-0.2, 0) is 15.6 Å². The van der Waals surface area contributed by atoms with Crippen LogP contribution in [0.15, 0.2) is 42.6 Å². The highest BCUT2D eigenvalue weighted by molar-refractivity contribution is 7.89. The van der Waals surface area contributed by atoms with Crippen molar-refractivity contribution in [3.8, 4) is 6.07 Å². The fourth-order valence-corrected chi connectivity index (χ4v) is 4.45. The van der Waals surface area contributed by atoms with Gasteiger partial charge in [0.05, 0.1) is 11.8 Å². The van der Waals surface area contributed by atoms with Gasteiger partial charge in [0, 0.05) is 35.7 Å². The number of H-pyrrole nitrogens is 1. The van der Waals surface area contributed by atoms with Gasteiger partial charge in [0.25, 0.3) is 0 Å². The monoisotopic (exact) mass is 384 g/mol. The number of nitrogens with one attached hydrogen (secondary N) is 1. The highest BCUT2D eigenvalue weighted by Crippen LogP contribution is 2.36. The Morgan fingerprint density at radius 3 is 2.67 bits per heavy atom. The van der Waals surface area contributed by atoms with Gasteiger partial charge in [-0.25, -0.2) is 12.8 Å². The largest absolute Gasteiger partial charge is 0.361 e. The Balaban J connectivity index is 2.14. The number of para-hydroxylation sites is 1. The molecule has 2 aromatic carbocycles. The first-order valence-corrected chi connectivity index (χ1v) is 10.8. The zero-order chi connectivity index (χ0) is 19.6. The van der Waals surface area contributed by atoms with Crippen LogP contribution in [0.5, 0.6) is 0 Å². The molecule has 1 unspecified atom stereocenters. The van der Waals surface area contributed by atoms with E-state index in [1.165, 1.54) is 18.4 Å². The van der Waals surface area contributed by atoms with Crippen LogP contribution in [0.4, 0.5) is 4.39 Å². The van der Waals surface area contributed by atoms with E-state index in [4.69, 9.17) is 5.26 Å². The fraction of sp³-hybridized carbons (Fsp3) is 0.286. The van der Waals surface area contributed by atoms with Crippen molar-refractivity contribution in [3.05, 3.63) is 70.7 Å². The number of hydrogen-bond acceptors (Lipinski definition) is 3. The number of rotatable bonds is 6. The molecule has 1 aromatic heterocycles. The molecular formula is C21H21FN2O2S. The van der Waals surface area contributed by atoms with Crippen molar-refractivity contribution in [2.45, 2.75) is 31.4 Å². The Morgan fingerprint density at radius 1 is 1.22 bits per heavy atom. The van der Waals surface area contributed by atoms with Gasteiger partial charge in [-0.15, -0.1) is 0 Å². The Bertz CT molecular complexity index is 1130. The third-order valence-electron chi connectivity index (χ3n) is 4.78. The van der Waals surface area contributed by atoms with Crippen molar-refractivity contribution < 1.29 is 12.8 Å². The fourth-order valence-electron chi connectivity index (χ4n) is 3.65. The van der Waals surface area contributed by atoms with E-state index in [0.29, 0.717) is 12.8 Å². The summed E-state index contributed by atoms with van der Waals surface area (Å²) >= 11 is 0. The number of hydrogen-bond donors (Lipinski definition) is 1. The summed E-state index contributed by atoms with van der Waals surface area (Å²) in [5.74, 6) is -0.403. The maximum absolute atomic E-state index is 13.6. The number of nitriles is 1. The van der Waals surface area contributed by atoms with Gasteiger partial charge in [-0.2, -0.15) is 5.26 Å². The first kappa shape index (κ1) is 19.1. The van der Waals surface area contributed by atoms with Crippen molar-refractivity contribution in [1.29, 1.82) is 5.26 Å². The molecule has 4 nitrogen and oxygen atoms in total. The number of aryl methyl sites for hydroxylation is 1. The Morgan fingerprint density at radius 2 is 2.00 bits per heavy atom. The number of aromatic nitrogens is 1. The van der Waals surface area contributed by atoms with E-state index in [1.54, 1.807) is 12.1 Å². The summed E-state index contributed by atoms with van der Waals surface area (Å²) in [5.41, 5.74) is 4.31. The average molecular weight is 384 g/mol. The maximum atomic E-state index is 13.6. The molecule has 3 aromatic rings. The van der Waals surface area contributed by atoms with E-state index in [-0.39, 0.29) is 17.5 Å². The van der Waals surface area contributed by atoms with Crippen molar-refractivity contribution in [2.24, 2.45) is 0 Å². The molecule has 1 atom stereocenters. The van der Waals surface area contributed by atoms with E-state index >= 15 is 0 Å². The van der Waals surface area contributed by atoms with E-state index in [9.17, 15) is 12.8 Å². The van der Waals surface area contributed by atoms with Crippen LogP contribution in [0.1, 0.15) is 41.0 Å². The third-order valence-corrected chi connectivity index (χ3v) is 5.61. The lowest BCUT2D eigenvalue weighted by molar-refractivity contribution is 0.601. The van der Waals surface area contributed by atoms with Gasteiger partial charge in [-0.3, -0.25) is 0 Å². The summed E-state index contributed by atoms with van der Waals surface area (Å²) in [6.45, 7) is 1.86. The number of benzene rings is 2. The molecule has 0 radical (unpaired) electrons. The van der Waals surface area contributed by atoms with Crippen LogP contribution >= 0.6 is 0 Å². The number of nitrogens with zero attached hydrogens (tertiary/aromatic N) is 1. The van der Waals surface area contributed by atoms with E-state index in [0.717, 1.165) is 33.2 Å². The zero-order valence-corrected chi connectivity index (χ0v) is 16.1. The standard InChI is InChI=1S/C21H21FN2O2S/c1-14-11-16(22)8-9-17(14)18(7-4-10-23)20-12-24-21-15(13-27(2,25)26)5-3-6-19(20)21/h3,5-6,8-9,11-12,18,24H,4,7,13H2,1-2H3. The quantitative estimate of drug-likeness (QED) is 0.675. The molecule has 0 aliphatic heterocycles. The first-order valence-electron chi connectivity index (χ1n) is 8.69. The summed E-state index contributed by atoms with van der Waals surface area (Å²) < 4.78 is 37.0. The van der Waals surface area contributed by atoms with Crippen LogP contribution in [0, 0.1) is 24.1 Å². The summed E-state index contributed by atoms with van der Waals surface area (Å²) in [5, 5.41) is 10.0. The molecule has 0 aliphatic rings. The van der Waals surface area contributed by atoms with Gasteiger partial charge in [0.2, 0.25) is 0 Å². The highest BCUT2D eigenvalue weighted by Gasteiger charge is 2.21. The van der Waals surface area contributed by atoms with Gasteiger partial charge in [-0.05, 0) is 47.7 Å². The molecule has 1 N–H and O–H groups in total. The second kappa shape index (κ2) is 7.53. The van der Waals surface area contributed by atoms with Crippen molar-refractivity contribution in [3.63, 3.8) is 0 Å². The highest BCUT2D eigenvalue weighted by atomic mass is 32.2. The molecule has 140 valence electrons. The number of halogens is 1. The predicted molar refractivity (Wildman–Crippen MR) is 105 cm³/mol. The summed E-state index contributed by atoms with van der Waals surface area (Å²) in [7, 11) is -3.16. The Kier molecular flexibility index (Phi) is 5.33. The van der Waals surface area contributed by atoms with Crippen LogP contribution in [0.2, 0.25) is 0 Å². The molecule has 0 saturated carbocycles. The summed E-state index contributed by atoms with van der Waals surface area (Å²) in [4.78, 5) is 3.22.